The Kier molecular flexibility index (Phi) is 4.18. The van der Waals surface area contributed by atoms with Crippen LogP contribution in [0.3, 0.4) is 0 Å². The van der Waals surface area contributed by atoms with Crippen molar-refractivity contribution in [1.29, 1.82) is 0 Å². The second-order valence-corrected chi connectivity index (χ2v) is 5.88. The summed E-state index contributed by atoms with van der Waals surface area (Å²) in [7, 11) is 0. The zero-order valence-corrected chi connectivity index (χ0v) is 14.0. The molecule has 0 spiro atoms. The number of carbonyl (C=O) groups excluding carboxylic acids is 1. The molecule has 2 aromatic heterocycles. The first-order valence-electron chi connectivity index (χ1n) is 6.71. The third-order valence-corrected chi connectivity index (χ3v) is 4.44. The molecular formula is C16H12BrClN2O2. The zero-order valence-electron chi connectivity index (χ0n) is 11.7. The standard InChI is InChI=1S/C16H12BrClN2O2/c1-2-22-16(21)15-14(12-5-3-4-6-19-12)9-7-11(18)10(17)8-13(9)20-15/h3-8,20H,2H2,1H3. The lowest BCUT2D eigenvalue weighted by atomic mass is 10.1. The van der Waals surface area contributed by atoms with E-state index in [2.05, 4.69) is 25.9 Å². The molecule has 0 unspecified atom stereocenters. The van der Waals surface area contributed by atoms with Gasteiger partial charge in [-0.05, 0) is 47.1 Å². The molecule has 112 valence electrons. The molecule has 1 aromatic carbocycles. The molecule has 0 radical (unpaired) electrons. The Bertz CT molecular complexity index is 846. The summed E-state index contributed by atoms with van der Waals surface area (Å²) < 4.78 is 5.89. The number of aromatic amines is 1. The third-order valence-electron chi connectivity index (χ3n) is 3.24. The highest BCUT2D eigenvalue weighted by atomic mass is 79.9. The molecule has 0 aliphatic rings. The van der Waals surface area contributed by atoms with Crippen molar-refractivity contribution in [3.63, 3.8) is 0 Å². The number of aromatic nitrogens is 2. The van der Waals surface area contributed by atoms with Gasteiger partial charge in [-0.15, -0.1) is 0 Å². The van der Waals surface area contributed by atoms with E-state index in [9.17, 15) is 4.79 Å². The van der Waals surface area contributed by atoms with Gasteiger partial charge in [-0.1, -0.05) is 17.7 Å². The summed E-state index contributed by atoms with van der Waals surface area (Å²) in [6.07, 6.45) is 1.68. The van der Waals surface area contributed by atoms with Crippen molar-refractivity contribution in [2.45, 2.75) is 6.92 Å². The number of nitrogens with one attached hydrogen (secondary N) is 1. The molecule has 0 atom stereocenters. The van der Waals surface area contributed by atoms with E-state index >= 15 is 0 Å². The van der Waals surface area contributed by atoms with E-state index in [1.54, 1.807) is 13.1 Å². The van der Waals surface area contributed by atoms with Crippen LogP contribution in [0.25, 0.3) is 22.2 Å². The fourth-order valence-corrected chi connectivity index (χ4v) is 2.83. The maximum absolute atomic E-state index is 12.3. The maximum Gasteiger partial charge on any atom is 0.355 e. The van der Waals surface area contributed by atoms with E-state index in [1.807, 2.05) is 30.3 Å². The second kappa shape index (κ2) is 6.10. The Labute approximate surface area is 140 Å². The van der Waals surface area contributed by atoms with Gasteiger partial charge in [0.25, 0.3) is 0 Å². The smallest absolute Gasteiger partial charge is 0.355 e. The lowest BCUT2D eigenvalue weighted by Gasteiger charge is -2.04. The molecule has 0 aliphatic heterocycles. The molecule has 0 amide bonds. The number of nitrogens with zero attached hydrogens (tertiary/aromatic N) is 1. The van der Waals surface area contributed by atoms with Crippen LogP contribution in [0.4, 0.5) is 0 Å². The van der Waals surface area contributed by atoms with E-state index in [4.69, 9.17) is 16.3 Å². The number of benzene rings is 1. The summed E-state index contributed by atoms with van der Waals surface area (Å²) in [5.74, 6) is -0.411. The highest BCUT2D eigenvalue weighted by molar-refractivity contribution is 9.10. The largest absolute Gasteiger partial charge is 0.461 e. The second-order valence-electron chi connectivity index (χ2n) is 4.62. The molecular weight excluding hydrogens is 368 g/mol. The van der Waals surface area contributed by atoms with Crippen molar-refractivity contribution in [2.24, 2.45) is 0 Å². The van der Waals surface area contributed by atoms with Crippen LogP contribution in [0.2, 0.25) is 5.02 Å². The predicted octanol–water partition coefficient (Wildman–Crippen LogP) is 4.82. The first kappa shape index (κ1) is 15.1. The summed E-state index contributed by atoms with van der Waals surface area (Å²) in [6.45, 7) is 2.08. The van der Waals surface area contributed by atoms with Crippen LogP contribution in [0.5, 0.6) is 0 Å². The van der Waals surface area contributed by atoms with Crippen LogP contribution < -0.4 is 0 Å². The van der Waals surface area contributed by atoms with E-state index in [0.29, 0.717) is 28.6 Å². The highest BCUT2D eigenvalue weighted by Crippen LogP contribution is 2.36. The molecule has 0 fully saturated rings. The Morgan fingerprint density at radius 1 is 1.41 bits per heavy atom. The average Bonchev–Trinajstić information content (AvgIpc) is 2.87. The Morgan fingerprint density at radius 2 is 2.23 bits per heavy atom. The molecule has 4 nitrogen and oxygen atoms in total. The van der Waals surface area contributed by atoms with Crippen LogP contribution in [-0.4, -0.2) is 22.5 Å². The van der Waals surface area contributed by atoms with Gasteiger partial charge in [-0.25, -0.2) is 4.79 Å². The molecule has 0 bridgehead atoms. The molecule has 1 N–H and O–H groups in total. The summed E-state index contributed by atoms with van der Waals surface area (Å²) in [5.41, 5.74) is 2.56. The van der Waals surface area contributed by atoms with Gasteiger partial charge in [0, 0.05) is 27.1 Å². The van der Waals surface area contributed by atoms with Crippen molar-refractivity contribution in [2.75, 3.05) is 6.61 Å². The molecule has 3 aromatic rings. The first-order valence-corrected chi connectivity index (χ1v) is 7.88. The van der Waals surface area contributed by atoms with Crippen LogP contribution in [0.1, 0.15) is 17.4 Å². The number of pyridine rings is 1. The number of hydrogen-bond donors (Lipinski definition) is 1. The van der Waals surface area contributed by atoms with E-state index < -0.39 is 5.97 Å². The van der Waals surface area contributed by atoms with E-state index in [0.717, 1.165) is 15.4 Å². The summed E-state index contributed by atoms with van der Waals surface area (Å²) in [4.78, 5) is 19.7. The number of rotatable bonds is 3. The van der Waals surface area contributed by atoms with E-state index in [1.165, 1.54) is 0 Å². The lowest BCUT2D eigenvalue weighted by Crippen LogP contribution is -2.06. The normalized spacial score (nSPS) is 10.9. The molecule has 6 heteroatoms. The third kappa shape index (κ3) is 2.62. The monoisotopic (exact) mass is 378 g/mol. The quantitative estimate of drug-likeness (QED) is 0.664. The van der Waals surface area contributed by atoms with E-state index in [-0.39, 0.29) is 0 Å². The Balaban J connectivity index is 2.32. The lowest BCUT2D eigenvalue weighted by molar-refractivity contribution is 0.0521. The number of esters is 1. The van der Waals surface area contributed by atoms with Crippen molar-refractivity contribution < 1.29 is 9.53 Å². The van der Waals surface area contributed by atoms with Gasteiger partial charge in [-0.3, -0.25) is 4.98 Å². The molecule has 0 aliphatic carbocycles. The van der Waals surface area contributed by atoms with Crippen molar-refractivity contribution in [3.8, 4) is 11.3 Å². The number of hydrogen-bond acceptors (Lipinski definition) is 3. The Hall–Kier alpha value is -1.85. The molecule has 22 heavy (non-hydrogen) atoms. The van der Waals surface area contributed by atoms with Crippen LogP contribution >= 0.6 is 27.5 Å². The number of fused-ring (bicyclic) bond motifs is 1. The van der Waals surface area contributed by atoms with Crippen LogP contribution in [0.15, 0.2) is 41.0 Å². The number of H-pyrrole nitrogens is 1. The van der Waals surface area contributed by atoms with Crippen LogP contribution in [0, 0.1) is 0 Å². The topological polar surface area (TPSA) is 55.0 Å². The van der Waals surface area contributed by atoms with Gasteiger partial charge in [0.1, 0.15) is 5.69 Å². The SMILES string of the molecule is CCOC(=O)c1[nH]c2cc(Br)c(Cl)cc2c1-c1ccccn1. The van der Waals surface area contributed by atoms with Crippen LogP contribution in [-0.2, 0) is 4.74 Å². The first-order chi connectivity index (χ1) is 10.6. The fourth-order valence-electron chi connectivity index (χ4n) is 2.32. The number of carbonyl (C=O) groups is 1. The van der Waals surface area contributed by atoms with Gasteiger partial charge in [0.05, 0.1) is 17.3 Å². The van der Waals surface area contributed by atoms with Crippen molar-refractivity contribution in [1.82, 2.24) is 9.97 Å². The molecule has 0 saturated carbocycles. The molecule has 2 heterocycles. The van der Waals surface area contributed by atoms with Gasteiger partial charge in [0.15, 0.2) is 0 Å². The maximum atomic E-state index is 12.3. The van der Waals surface area contributed by atoms with Gasteiger partial charge in [0.2, 0.25) is 0 Å². The summed E-state index contributed by atoms with van der Waals surface area (Å²) >= 11 is 9.59. The molecule has 3 rings (SSSR count). The number of ether oxygens (including phenoxy) is 1. The summed E-state index contributed by atoms with van der Waals surface area (Å²) in [6, 6.07) is 9.20. The van der Waals surface area contributed by atoms with Gasteiger partial charge >= 0.3 is 5.97 Å². The summed E-state index contributed by atoms with van der Waals surface area (Å²) in [5, 5.41) is 1.40. The number of halogens is 2. The zero-order chi connectivity index (χ0) is 15.7. The van der Waals surface area contributed by atoms with Gasteiger partial charge < -0.3 is 9.72 Å². The van der Waals surface area contributed by atoms with Crippen molar-refractivity contribution >= 4 is 44.4 Å². The fraction of sp³-hybridized carbons (Fsp3) is 0.125. The van der Waals surface area contributed by atoms with Gasteiger partial charge in [-0.2, -0.15) is 0 Å². The van der Waals surface area contributed by atoms with Crippen molar-refractivity contribution in [3.05, 3.63) is 51.7 Å². The minimum Gasteiger partial charge on any atom is -0.461 e. The average molecular weight is 380 g/mol. The Morgan fingerprint density at radius 3 is 2.91 bits per heavy atom. The molecule has 0 saturated heterocycles. The minimum absolute atomic E-state index is 0.306. The minimum atomic E-state index is -0.411. The highest BCUT2D eigenvalue weighted by Gasteiger charge is 2.21. The predicted molar refractivity (Wildman–Crippen MR) is 90.2 cm³/mol.